The first kappa shape index (κ1) is 14.5. The summed E-state index contributed by atoms with van der Waals surface area (Å²) in [6, 6.07) is 10.1. The predicted molar refractivity (Wildman–Crippen MR) is 90.8 cm³/mol. The number of aryl methyl sites for hydroxylation is 1. The number of nitrogens with one attached hydrogen (secondary N) is 1. The second kappa shape index (κ2) is 6.19. The van der Waals surface area contributed by atoms with E-state index in [1.165, 1.54) is 24.8 Å². The van der Waals surface area contributed by atoms with Crippen LogP contribution in [0.2, 0.25) is 0 Å². The lowest BCUT2D eigenvalue weighted by Crippen LogP contribution is -2.26. The molecule has 1 aromatic carbocycles. The second-order valence-corrected chi connectivity index (χ2v) is 6.70. The van der Waals surface area contributed by atoms with Crippen LogP contribution in [-0.4, -0.2) is 15.7 Å². The van der Waals surface area contributed by atoms with E-state index in [1.807, 2.05) is 35.0 Å². The van der Waals surface area contributed by atoms with E-state index in [-0.39, 0.29) is 11.8 Å². The molecule has 1 amide bonds. The molecule has 2 aliphatic carbocycles. The number of fused-ring (bicyclic) bond motifs is 1. The zero-order chi connectivity index (χ0) is 15.6. The molecule has 0 unspecified atom stereocenters. The normalized spacial score (nSPS) is 17.9. The molecule has 1 N–H and O–H groups in total. The number of benzene rings is 1. The predicted octanol–water partition coefficient (Wildman–Crippen LogP) is 3.88. The van der Waals surface area contributed by atoms with Gasteiger partial charge in [0.2, 0.25) is 5.91 Å². The van der Waals surface area contributed by atoms with Crippen LogP contribution in [0.3, 0.4) is 0 Å². The van der Waals surface area contributed by atoms with Crippen LogP contribution in [-0.2, 0) is 17.6 Å². The van der Waals surface area contributed by atoms with Gasteiger partial charge in [-0.05, 0) is 44.2 Å². The number of carbonyl (C=O) groups is 1. The van der Waals surface area contributed by atoms with Gasteiger partial charge in [0, 0.05) is 11.5 Å². The number of anilines is 1. The van der Waals surface area contributed by atoms with E-state index in [2.05, 4.69) is 5.32 Å². The third kappa shape index (κ3) is 2.78. The molecule has 0 aliphatic heterocycles. The maximum Gasteiger partial charge on any atom is 0.228 e. The molecule has 23 heavy (non-hydrogen) atoms. The van der Waals surface area contributed by atoms with Gasteiger partial charge in [-0.1, -0.05) is 37.5 Å². The van der Waals surface area contributed by atoms with E-state index in [4.69, 9.17) is 5.10 Å². The van der Waals surface area contributed by atoms with Crippen molar-refractivity contribution in [3.8, 4) is 5.69 Å². The molecule has 4 nitrogen and oxygen atoms in total. The smallest absolute Gasteiger partial charge is 0.228 e. The van der Waals surface area contributed by atoms with Crippen molar-refractivity contribution < 1.29 is 4.79 Å². The maximum atomic E-state index is 12.7. The van der Waals surface area contributed by atoms with Crippen LogP contribution in [0.1, 0.15) is 49.8 Å². The molecule has 4 rings (SSSR count). The lowest BCUT2D eigenvalue weighted by atomic mass is 9.88. The highest BCUT2D eigenvalue weighted by Crippen LogP contribution is 2.32. The zero-order valence-corrected chi connectivity index (χ0v) is 13.4. The Bertz CT molecular complexity index is 699. The van der Waals surface area contributed by atoms with E-state index < -0.39 is 0 Å². The molecule has 1 aromatic heterocycles. The molecule has 4 heteroatoms. The van der Waals surface area contributed by atoms with Gasteiger partial charge in [0.1, 0.15) is 5.82 Å². The van der Waals surface area contributed by atoms with Crippen molar-refractivity contribution in [1.29, 1.82) is 0 Å². The first-order valence-electron chi connectivity index (χ1n) is 8.80. The fourth-order valence-corrected chi connectivity index (χ4v) is 3.86. The summed E-state index contributed by atoms with van der Waals surface area (Å²) in [5.41, 5.74) is 3.40. The van der Waals surface area contributed by atoms with Crippen LogP contribution in [0.4, 0.5) is 5.82 Å². The Morgan fingerprint density at radius 3 is 2.61 bits per heavy atom. The summed E-state index contributed by atoms with van der Waals surface area (Å²) in [5.74, 6) is 1.25. The number of carbonyl (C=O) groups excluding carboxylic acids is 1. The van der Waals surface area contributed by atoms with Gasteiger partial charge in [0.05, 0.1) is 11.4 Å². The Hall–Kier alpha value is -2.10. The van der Waals surface area contributed by atoms with Crippen LogP contribution >= 0.6 is 0 Å². The molecule has 120 valence electrons. The summed E-state index contributed by atoms with van der Waals surface area (Å²) in [4.78, 5) is 12.7. The Morgan fingerprint density at radius 2 is 1.83 bits per heavy atom. The third-order valence-corrected chi connectivity index (χ3v) is 5.13. The average Bonchev–Trinajstić information content (AvgIpc) is 3.19. The molecular formula is C19H23N3O. The molecule has 0 saturated heterocycles. The highest BCUT2D eigenvalue weighted by Gasteiger charge is 2.27. The third-order valence-electron chi connectivity index (χ3n) is 5.13. The standard InChI is InChI=1S/C19H23N3O/c23-19(14-8-3-1-4-9-14)20-18-16-12-7-13-17(16)21-22(18)15-10-5-2-6-11-15/h2,5-6,10-11,14H,1,3-4,7-9,12-13H2,(H,20,23). The highest BCUT2D eigenvalue weighted by atomic mass is 16.2. The fraction of sp³-hybridized carbons (Fsp3) is 0.474. The molecule has 2 aromatic rings. The van der Waals surface area contributed by atoms with Crippen LogP contribution < -0.4 is 5.32 Å². The molecule has 0 spiro atoms. The van der Waals surface area contributed by atoms with Gasteiger partial charge >= 0.3 is 0 Å². The molecule has 0 atom stereocenters. The summed E-state index contributed by atoms with van der Waals surface area (Å²) in [6.07, 6.45) is 8.83. The van der Waals surface area contributed by atoms with Gasteiger partial charge in [0.25, 0.3) is 0 Å². The molecule has 1 saturated carbocycles. The number of para-hydroxylation sites is 1. The van der Waals surface area contributed by atoms with Crippen molar-refractivity contribution in [2.24, 2.45) is 5.92 Å². The average molecular weight is 309 g/mol. The van der Waals surface area contributed by atoms with Crippen molar-refractivity contribution in [2.45, 2.75) is 51.4 Å². The number of hydrogen-bond donors (Lipinski definition) is 1. The van der Waals surface area contributed by atoms with Gasteiger partial charge in [-0.2, -0.15) is 5.10 Å². The van der Waals surface area contributed by atoms with Gasteiger partial charge in [-0.3, -0.25) is 4.79 Å². The Balaban J connectivity index is 1.65. The van der Waals surface area contributed by atoms with Crippen LogP contribution in [0.5, 0.6) is 0 Å². The molecule has 1 heterocycles. The van der Waals surface area contributed by atoms with Gasteiger partial charge in [0.15, 0.2) is 0 Å². The van der Waals surface area contributed by atoms with E-state index >= 15 is 0 Å². The highest BCUT2D eigenvalue weighted by molar-refractivity contribution is 5.93. The van der Waals surface area contributed by atoms with Crippen LogP contribution in [0.25, 0.3) is 5.69 Å². The van der Waals surface area contributed by atoms with Crippen molar-refractivity contribution >= 4 is 11.7 Å². The first-order chi connectivity index (χ1) is 11.3. The number of nitrogens with zero attached hydrogens (tertiary/aromatic N) is 2. The molecule has 2 aliphatic rings. The fourth-order valence-electron chi connectivity index (χ4n) is 3.86. The molecule has 0 radical (unpaired) electrons. The lowest BCUT2D eigenvalue weighted by molar-refractivity contribution is -0.120. The van der Waals surface area contributed by atoms with Crippen LogP contribution in [0, 0.1) is 5.92 Å². The minimum atomic E-state index is 0.167. The molecule has 0 bridgehead atoms. The lowest BCUT2D eigenvalue weighted by Gasteiger charge is -2.21. The van der Waals surface area contributed by atoms with Gasteiger partial charge in [-0.15, -0.1) is 0 Å². The summed E-state index contributed by atoms with van der Waals surface area (Å²) < 4.78 is 1.92. The second-order valence-electron chi connectivity index (χ2n) is 6.70. The Kier molecular flexibility index (Phi) is 3.90. The number of rotatable bonds is 3. The Morgan fingerprint density at radius 1 is 1.04 bits per heavy atom. The van der Waals surface area contributed by atoms with E-state index in [0.29, 0.717) is 0 Å². The largest absolute Gasteiger partial charge is 0.310 e. The summed E-state index contributed by atoms with van der Waals surface area (Å²) in [5, 5.41) is 7.98. The Labute approximate surface area is 136 Å². The molecular weight excluding hydrogens is 286 g/mol. The van der Waals surface area contributed by atoms with Crippen molar-refractivity contribution in [1.82, 2.24) is 9.78 Å². The van der Waals surface area contributed by atoms with E-state index in [1.54, 1.807) is 0 Å². The van der Waals surface area contributed by atoms with E-state index in [9.17, 15) is 4.79 Å². The monoisotopic (exact) mass is 309 g/mol. The number of amides is 1. The SMILES string of the molecule is O=C(Nc1c2c(nn1-c1ccccc1)CCC2)C1CCCCC1. The van der Waals surface area contributed by atoms with Crippen molar-refractivity contribution in [3.63, 3.8) is 0 Å². The van der Waals surface area contributed by atoms with Crippen molar-refractivity contribution in [3.05, 3.63) is 41.6 Å². The van der Waals surface area contributed by atoms with E-state index in [0.717, 1.165) is 49.3 Å². The van der Waals surface area contributed by atoms with Gasteiger partial charge < -0.3 is 5.32 Å². The quantitative estimate of drug-likeness (QED) is 0.935. The topological polar surface area (TPSA) is 46.9 Å². The summed E-state index contributed by atoms with van der Waals surface area (Å²) in [7, 11) is 0. The summed E-state index contributed by atoms with van der Waals surface area (Å²) >= 11 is 0. The maximum absolute atomic E-state index is 12.7. The summed E-state index contributed by atoms with van der Waals surface area (Å²) in [6.45, 7) is 0. The zero-order valence-electron chi connectivity index (χ0n) is 13.4. The first-order valence-corrected chi connectivity index (χ1v) is 8.80. The number of hydrogen-bond acceptors (Lipinski definition) is 2. The molecule has 1 fully saturated rings. The van der Waals surface area contributed by atoms with Crippen LogP contribution in [0.15, 0.2) is 30.3 Å². The van der Waals surface area contributed by atoms with Gasteiger partial charge in [-0.25, -0.2) is 4.68 Å². The number of aromatic nitrogens is 2. The van der Waals surface area contributed by atoms with Crippen molar-refractivity contribution in [2.75, 3.05) is 5.32 Å². The minimum absolute atomic E-state index is 0.167. The minimum Gasteiger partial charge on any atom is -0.310 e.